The van der Waals surface area contributed by atoms with E-state index in [4.69, 9.17) is 14.2 Å². The number of nitro groups is 1. The monoisotopic (exact) mass is 500 g/mol. The van der Waals surface area contributed by atoms with Crippen LogP contribution in [-0.2, 0) is 10.0 Å². The van der Waals surface area contributed by atoms with Gasteiger partial charge in [0.1, 0.15) is 18.1 Å². The van der Waals surface area contributed by atoms with E-state index < -0.39 is 14.9 Å². The van der Waals surface area contributed by atoms with E-state index in [1.54, 1.807) is 37.4 Å². The van der Waals surface area contributed by atoms with Gasteiger partial charge >= 0.3 is 0 Å². The van der Waals surface area contributed by atoms with Crippen LogP contribution < -0.4 is 18.9 Å². The molecule has 0 spiro atoms. The summed E-state index contributed by atoms with van der Waals surface area (Å²) >= 11 is 0. The average Bonchev–Trinajstić information content (AvgIpc) is 3.29. The number of nitrogens with zero attached hydrogens (tertiary/aromatic N) is 5. The lowest BCUT2D eigenvalue weighted by Crippen LogP contribution is -2.28. The minimum absolute atomic E-state index is 0.0490. The third-order valence-corrected chi connectivity index (χ3v) is 6.33. The molecule has 0 aliphatic carbocycles. The highest BCUT2D eigenvalue weighted by atomic mass is 32.2. The molecule has 0 aliphatic rings. The molecule has 0 saturated heterocycles. The minimum Gasteiger partial charge on any atom is -0.497 e. The normalized spacial score (nSPS) is 11.4. The first-order valence-electron chi connectivity index (χ1n) is 10.1. The predicted octanol–water partition coefficient (Wildman–Crippen LogP) is 2.07. The standard InChI is InChI=1S/C21H20N6O7S/c1-32-15-6-7-18(33-2)17(13-15)21-24-23-19-8-9-20(25-26(19)21)34-11-10-22-35(30,31)16-5-3-4-14(12-16)27(28)29/h3-9,12-13,22H,10-11H2,1-2H3. The van der Waals surface area contributed by atoms with E-state index in [2.05, 4.69) is 20.0 Å². The van der Waals surface area contributed by atoms with Gasteiger partial charge in [-0.2, -0.15) is 4.52 Å². The van der Waals surface area contributed by atoms with Crippen molar-refractivity contribution in [2.75, 3.05) is 27.4 Å². The molecule has 0 aliphatic heterocycles. The molecule has 14 heteroatoms. The maximum atomic E-state index is 12.4. The van der Waals surface area contributed by atoms with E-state index in [9.17, 15) is 18.5 Å². The van der Waals surface area contributed by atoms with E-state index >= 15 is 0 Å². The van der Waals surface area contributed by atoms with Crippen molar-refractivity contribution in [1.82, 2.24) is 24.5 Å². The molecule has 2 aromatic carbocycles. The summed E-state index contributed by atoms with van der Waals surface area (Å²) < 4.78 is 45.0. The Hall–Kier alpha value is -4.30. The number of hydrogen-bond donors (Lipinski definition) is 1. The number of methoxy groups -OCH3 is 2. The van der Waals surface area contributed by atoms with Gasteiger partial charge < -0.3 is 14.2 Å². The number of fused-ring (bicyclic) bond motifs is 1. The smallest absolute Gasteiger partial charge is 0.270 e. The summed E-state index contributed by atoms with van der Waals surface area (Å²) in [6.45, 7) is -0.143. The number of sulfonamides is 1. The Morgan fingerprint density at radius 1 is 1.06 bits per heavy atom. The number of nitrogens with one attached hydrogen (secondary N) is 1. The maximum Gasteiger partial charge on any atom is 0.270 e. The average molecular weight is 500 g/mol. The van der Waals surface area contributed by atoms with E-state index in [0.29, 0.717) is 28.5 Å². The first kappa shape index (κ1) is 23.8. The number of ether oxygens (including phenoxy) is 3. The van der Waals surface area contributed by atoms with Crippen LogP contribution in [0.5, 0.6) is 17.4 Å². The van der Waals surface area contributed by atoms with Gasteiger partial charge in [0.05, 0.1) is 29.6 Å². The van der Waals surface area contributed by atoms with Crippen LogP contribution in [0, 0.1) is 10.1 Å². The molecule has 0 fully saturated rings. The second-order valence-electron chi connectivity index (χ2n) is 7.03. The Labute approximate surface area is 199 Å². The molecule has 4 rings (SSSR count). The summed E-state index contributed by atoms with van der Waals surface area (Å²) in [6, 6.07) is 13.2. The number of nitro benzene ring substituents is 1. The third-order valence-electron chi connectivity index (χ3n) is 4.87. The highest BCUT2D eigenvalue weighted by molar-refractivity contribution is 7.89. The van der Waals surface area contributed by atoms with Crippen molar-refractivity contribution in [2.24, 2.45) is 0 Å². The number of hydrogen-bond acceptors (Lipinski definition) is 10. The van der Waals surface area contributed by atoms with Crippen molar-refractivity contribution < 1.29 is 27.6 Å². The first-order chi connectivity index (χ1) is 16.8. The maximum absolute atomic E-state index is 12.4. The van der Waals surface area contributed by atoms with E-state index in [-0.39, 0.29) is 29.6 Å². The van der Waals surface area contributed by atoms with Gasteiger partial charge in [0.25, 0.3) is 5.69 Å². The first-order valence-corrected chi connectivity index (χ1v) is 11.6. The Bertz CT molecular complexity index is 1490. The summed E-state index contributed by atoms with van der Waals surface area (Å²) in [6.07, 6.45) is 0. The third kappa shape index (κ3) is 5.12. The van der Waals surface area contributed by atoms with Crippen molar-refractivity contribution >= 4 is 21.4 Å². The number of benzene rings is 2. The molecule has 4 aromatic rings. The summed E-state index contributed by atoms with van der Waals surface area (Å²) in [7, 11) is -0.880. The van der Waals surface area contributed by atoms with Gasteiger partial charge in [-0.05, 0) is 30.3 Å². The number of aromatic nitrogens is 4. The van der Waals surface area contributed by atoms with Gasteiger partial charge in [0.2, 0.25) is 15.9 Å². The zero-order valence-corrected chi connectivity index (χ0v) is 19.4. The highest BCUT2D eigenvalue weighted by Gasteiger charge is 2.18. The summed E-state index contributed by atoms with van der Waals surface area (Å²) in [5, 5.41) is 23.6. The molecular weight excluding hydrogens is 480 g/mol. The van der Waals surface area contributed by atoms with Crippen LogP contribution in [0.1, 0.15) is 0 Å². The van der Waals surface area contributed by atoms with E-state index in [1.807, 2.05) is 0 Å². The summed E-state index contributed by atoms with van der Waals surface area (Å²) in [5.74, 6) is 1.74. The molecule has 182 valence electrons. The van der Waals surface area contributed by atoms with Crippen LogP contribution in [0.4, 0.5) is 5.69 Å². The Balaban J connectivity index is 1.48. The topological polar surface area (TPSA) is 160 Å². The lowest BCUT2D eigenvalue weighted by atomic mass is 10.2. The molecule has 0 unspecified atom stereocenters. The van der Waals surface area contributed by atoms with Crippen molar-refractivity contribution in [3.63, 3.8) is 0 Å². The Kier molecular flexibility index (Phi) is 6.75. The predicted molar refractivity (Wildman–Crippen MR) is 123 cm³/mol. The van der Waals surface area contributed by atoms with Gasteiger partial charge in [-0.15, -0.1) is 15.3 Å². The second kappa shape index (κ2) is 9.90. The van der Waals surface area contributed by atoms with Gasteiger partial charge in [0, 0.05) is 24.7 Å². The van der Waals surface area contributed by atoms with Crippen LogP contribution >= 0.6 is 0 Å². The molecule has 0 bridgehead atoms. The van der Waals surface area contributed by atoms with Crippen LogP contribution in [0.3, 0.4) is 0 Å². The summed E-state index contributed by atoms with van der Waals surface area (Å²) in [4.78, 5) is 10.0. The van der Waals surface area contributed by atoms with Crippen LogP contribution in [-0.4, -0.2) is 60.5 Å². The number of rotatable bonds is 10. The van der Waals surface area contributed by atoms with E-state index in [1.165, 1.54) is 29.8 Å². The molecule has 1 N–H and O–H groups in total. The van der Waals surface area contributed by atoms with Crippen LogP contribution in [0.25, 0.3) is 17.0 Å². The van der Waals surface area contributed by atoms with Gasteiger partial charge in [-0.25, -0.2) is 13.1 Å². The quantitative estimate of drug-likeness (QED) is 0.194. The van der Waals surface area contributed by atoms with Gasteiger partial charge in [-0.1, -0.05) is 6.07 Å². The van der Waals surface area contributed by atoms with Crippen molar-refractivity contribution in [1.29, 1.82) is 0 Å². The summed E-state index contributed by atoms with van der Waals surface area (Å²) in [5.41, 5.74) is 0.747. The molecule has 0 amide bonds. The van der Waals surface area contributed by atoms with Crippen molar-refractivity contribution in [3.8, 4) is 28.8 Å². The minimum atomic E-state index is -3.96. The molecule has 0 saturated carbocycles. The lowest BCUT2D eigenvalue weighted by Gasteiger charge is -2.10. The fraction of sp³-hybridized carbons (Fsp3) is 0.190. The fourth-order valence-corrected chi connectivity index (χ4v) is 4.24. The number of non-ortho nitro benzene ring substituents is 1. The Morgan fingerprint density at radius 3 is 2.63 bits per heavy atom. The van der Waals surface area contributed by atoms with Crippen molar-refractivity contribution in [3.05, 3.63) is 64.7 Å². The molecule has 2 aromatic heterocycles. The Morgan fingerprint density at radius 2 is 1.89 bits per heavy atom. The van der Waals surface area contributed by atoms with Crippen molar-refractivity contribution in [2.45, 2.75) is 4.90 Å². The van der Waals surface area contributed by atoms with Gasteiger partial charge in [-0.3, -0.25) is 10.1 Å². The van der Waals surface area contributed by atoms with Gasteiger partial charge in [0.15, 0.2) is 11.5 Å². The highest BCUT2D eigenvalue weighted by Crippen LogP contribution is 2.32. The molecule has 2 heterocycles. The fourth-order valence-electron chi connectivity index (χ4n) is 3.19. The second-order valence-corrected chi connectivity index (χ2v) is 8.80. The SMILES string of the molecule is COc1ccc(OC)c(-c2nnc3ccc(OCCNS(=O)(=O)c4cccc([N+](=O)[O-])c4)nn23)c1. The van der Waals surface area contributed by atoms with E-state index in [0.717, 1.165) is 6.07 Å². The largest absolute Gasteiger partial charge is 0.497 e. The zero-order valence-electron chi connectivity index (χ0n) is 18.6. The molecule has 13 nitrogen and oxygen atoms in total. The molecule has 0 atom stereocenters. The molecule has 0 radical (unpaired) electrons. The van der Waals surface area contributed by atoms with Crippen LogP contribution in [0.15, 0.2) is 59.5 Å². The molecule has 35 heavy (non-hydrogen) atoms. The zero-order chi connectivity index (χ0) is 25.0. The lowest BCUT2D eigenvalue weighted by molar-refractivity contribution is -0.385. The molecular formula is C21H20N6O7S. The van der Waals surface area contributed by atoms with Crippen LogP contribution in [0.2, 0.25) is 0 Å².